The lowest BCUT2D eigenvalue weighted by atomic mass is 10.1. The van der Waals surface area contributed by atoms with Crippen LogP contribution in [-0.2, 0) is 19.3 Å². The van der Waals surface area contributed by atoms with Gasteiger partial charge in [0.1, 0.15) is 0 Å². The van der Waals surface area contributed by atoms with E-state index < -0.39 is 14.1 Å². The normalized spacial score (nSPS) is 10.9. The van der Waals surface area contributed by atoms with Crippen LogP contribution in [0.5, 0.6) is 0 Å². The van der Waals surface area contributed by atoms with Crippen LogP contribution in [-0.4, -0.2) is 14.1 Å². The zero-order valence-corrected chi connectivity index (χ0v) is 19.5. The Kier molecular flexibility index (Phi) is 6.82. The van der Waals surface area contributed by atoms with Crippen molar-refractivity contribution in [1.29, 1.82) is 0 Å². The summed E-state index contributed by atoms with van der Waals surface area (Å²) in [4.78, 5) is 0. The second-order valence-corrected chi connectivity index (χ2v) is 10.7. The van der Waals surface area contributed by atoms with Gasteiger partial charge in [0, 0.05) is 0 Å². The highest BCUT2D eigenvalue weighted by atomic mass is 27.2. The molecule has 0 aliphatic heterocycles. The van der Waals surface area contributed by atoms with Gasteiger partial charge in [-0.1, -0.05) is 105 Å². The van der Waals surface area contributed by atoms with E-state index in [4.69, 9.17) is 0 Å². The van der Waals surface area contributed by atoms with Crippen molar-refractivity contribution in [2.75, 3.05) is 0 Å². The highest BCUT2D eigenvalue weighted by Crippen LogP contribution is 2.14. The molecule has 0 radical (unpaired) electrons. The molecule has 0 N–H and O–H groups in total. The molecule has 0 saturated heterocycles. The van der Waals surface area contributed by atoms with E-state index in [2.05, 4.69) is 96.1 Å². The van der Waals surface area contributed by atoms with E-state index >= 15 is 0 Å². The van der Waals surface area contributed by atoms with Crippen LogP contribution in [0.25, 0.3) is 0 Å². The van der Waals surface area contributed by atoms with Crippen LogP contribution in [0.4, 0.5) is 0 Å². The monoisotopic (exact) mass is 384 g/mol. The fourth-order valence-electron chi connectivity index (χ4n) is 4.94. The van der Waals surface area contributed by atoms with Gasteiger partial charge in [-0.25, -0.2) is 0 Å². The molecule has 0 nitrogen and oxygen atoms in total. The Morgan fingerprint density at radius 3 is 1.04 bits per heavy atom. The molecule has 0 aliphatic rings. The molecule has 0 atom stereocenters. The minimum absolute atomic E-state index is 1.10. The van der Waals surface area contributed by atoms with Crippen LogP contribution in [0, 0.1) is 20.8 Å². The van der Waals surface area contributed by atoms with Gasteiger partial charge < -0.3 is 0 Å². The molecule has 0 fully saturated rings. The topological polar surface area (TPSA) is 0 Å². The van der Waals surface area contributed by atoms with Crippen LogP contribution < -0.4 is 13.3 Å². The minimum Gasteiger partial charge on any atom is -0.0952 e. The highest BCUT2D eigenvalue weighted by Gasteiger charge is 2.31. The summed E-state index contributed by atoms with van der Waals surface area (Å²) in [6.07, 6.45) is 3.31. The van der Waals surface area contributed by atoms with Crippen molar-refractivity contribution in [2.45, 2.75) is 60.8 Å². The summed E-state index contributed by atoms with van der Waals surface area (Å²) in [6.45, 7) is 13.8. The molecular weight excluding hydrogens is 351 g/mol. The van der Waals surface area contributed by atoms with Crippen molar-refractivity contribution in [2.24, 2.45) is 0 Å². The Morgan fingerprint density at radius 1 is 0.500 bits per heavy atom. The second-order valence-electron chi connectivity index (χ2n) is 7.92. The van der Waals surface area contributed by atoms with Crippen molar-refractivity contribution < 1.29 is 0 Å². The first-order chi connectivity index (χ1) is 13.5. The predicted molar refractivity (Wildman–Crippen MR) is 126 cm³/mol. The van der Waals surface area contributed by atoms with Crippen molar-refractivity contribution in [3.05, 3.63) is 88.0 Å². The largest absolute Gasteiger partial charge is 0.384 e. The quantitative estimate of drug-likeness (QED) is 0.535. The van der Waals surface area contributed by atoms with Gasteiger partial charge >= 0.3 is 14.1 Å². The molecule has 3 aromatic carbocycles. The minimum atomic E-state index is -1.56. The van der Waals surface area contributed by atoms with Crippen molar-refractivity contribution in [3.8, 4) is 0 Å². The highest BCUT2D eigenvalue weighted by molar-refractivity contribution is 6.96. The van der Waals surface area contributed by atoms with E-state index in [1.807, 2.05) is 0 Å². The number of aryl methyl sites for hydroxylation is 3. The molecular formula is C27H33Al. The van der Waals surface area contributed by atoms with E-state index in [-0.39, 0.29) is 0 Å². The van der Waals surface area contributed by atoms with Gasteiger partial charge in [0.05, 0.1) is 0 Å². The number of benzene rings is 3. The lowest BCUT2D eigenvalue weighted by Crippen LogP contribution is -2.56. The first-order valence-corrected chi connectivity index (χ1v) is 12.5. The lowest BCUT2D eigenvalue weighted by molar-refractivity contribution is 1.11. The summed E-state index contributed by atoms with van der Waals surface area (Å²) in [5, 5.41) is 0. The van der Waals surface area contributed by atoms with Gasteiger partial charge in [-0.15, -0.1) is 0 Å². The molecule has 0 amide bonds. The summed E-state index contributed by atoms with van der Waals surface area (Å²) >= 11 is -1.56. The molecule has 0 spiro atoms. The summed E-state index contributed by atoms with van der Waals surface area (Å²) in [5.41, 5.74) is 9.00. The Labute approximate surface area is 176 Å². The molecule has 0 heterocycles. The third-order valence-corrected chi connectivity index (χ3v) is 9.82. The van der Waals surface area contributed by atoms with Gasteiger partial charge in [-0.2, -0.15) is 0 Å². The average molecular weight is 385 g/mol. The molecule has 0 saturated carbocycles. The van der Waals surface area contributed by atoms with E-state index in [9.17, 15) is 0 Å². The first-order valence-electron chi connectivity index (χ1n) is 10.8. The molecule has 0 unspecified atom stereocenters. The third-order valence-electron chi connectivity index (χ3n) is 6.33. The van der Waals surface area contributed by atoms with Crippen LogP contribution in [0.1, 0.15) is 54.2 Å². The molecule has 3 rings (SSSR count). The Morgan fingerprint density at radius 2 is 0.786 bits per heavy atom. The van der Waals surface area contributed by atoms with Crippen LogP contribution >= 0.6 is 0 Å². The van der Waals surface area contributed by atoms with Gasteiger partial charge in [-0.05, 0) is 56.7 Å². The maximum Gasteiger partial charge on any atom is 0.384 e. The standard InChI is InChI=1S/3C9H11.Al/c3*1-3-9-7-5-4-6-8(9)2;/h3*4-6H,3H2,1-2H3;. The molecule has 1 heteroatoms. The second kappa shape index (κ2) is 9.13. The van der Waals surface area contributed by atoms with E-state index in [0.717, 1.165) is 19.3 Å². The molecule has 0 bridgehead atoms. The molecule has 144 valence electrons. The smallest absolute Gasteiger partial charge is 0.0952 e. The maximum absolute atomic E-state index is 2.42. The predicted octanol–water partition coefficient (Wildman–Crippen LogP) is 4.82. The summed E-state index contributed by atoms with van der Waals surface area (Å²) in [6, 6.07) is 20.9. The fourth-order valence-corrected chi connectivity index (χ4v) is 9.19. The number of hydrogen-bond acceptors (Lipinski definition) is 0. The van der Waals surface area contributed by atoms with E-state index in [0.29, 0.717) is 0 Å². The maximum atomic E-state index is 2.42. The first kappa shape index (κ1) is 20.9. The van der Waals surface area contributed by atoms with Crippen molar-refractivity contribution >= 4 is 27.4 Å². The molecule has 0 aromatic heterocycles. The number of rotatable bonds is 6. The van der Waals surface area contributed by atoms with Crippen LogP contribution in [0.2, 0.25) is 0 Å². The van der Waals surface area contributed by atoms with Crippen LogP contribution in [0.15, 0.2) is 54.6 Å². The Balaban J connectivity index is 2.39. The Bertz CT molecular complexity index is 841. The molecule has 0 aliphatic carbocycles. The zero-order valence-electron chi connectivity index (χ0n) is 18.4. The van der Waals surface area contributed by atoms with Gasteiger partial charge in [0.15, 0.2) is 0 Å². The molecule has 3 aromatic rings. The third kappa shape index (κ3) is 3.84. The summed E-state index contributed by atoms with van der Waals surface area (Å²) in [7, 11) is 0. The van der Waals surface area contributed by atoms with Gasteiger partial charge in [0.2, 0.25) is 0 Å². The number of hydrogen-bond donors (Lipinski definition) is 0. The van der Waals surface area contributed by atoms with Gasteiger partial charge in [-0.3, -0.25) is 0 Å². The van der Waals surface area contributed by atoms with E-state index in [1.54, 1.807) is 30.0 Å². The summed E-state index contributed by atoms with van der Waals surface area (Å²) < 4.78 is 4.84. The SMILES string of the molecule is CCc1c(C)ccc[c]1[Al]([c]1cccc(C)c1CC)[c]1cccc(C)c1CC. The van der Waals surface area contributed by atoms with E-state index in [1.165, 1.54) is 16.7 Å². The Hall–Kier alpha value is -1.81. The lowest BCUT2D eigenvalue weighted by Gasteiger charge is -2.24. The van der Waals surface area contributed by atoms with Gasteiger partial charge in [0.25, 0.3) is 0 Å². The fraction of sp³-hybridized carbons (Fsp3) is 0.333. The average Bonchev–Trinajstić information content (AvgIpc) is 2.69. The van der Waals surface area contributed by atoms with Crippen LogP contribution in [0.3, 0.4) is 0 Å². The van der Waals surface area contributed by atoms with Crippen molar-refractivity contribution in [1.82, 2.24) is 0 Å². The zero-order chi connectivity index (χ0) is 20.3. The summed E-state index contributed by atoms with van der Waals surface area (Å²) in [5.74, 6) is 0. The van der Waals surface area contributed by atoms with Crippen molar-refractivity contribution in [3.63, 3.8) is 0 Å². The molecule has 28 heavy (non-hydrogen) atoms.